The molecule has 4 unspecified atom stereocenters. The Labute approximate surface area is 147 Å². The van der Waals surface area contributed by atoms with E-state index >= 15 is 0 Å². The monoisotopic (exact) mass is 356 g/mol. The highest BCUT2D eigenvalue weighted by Gasteiger charge is 2.66. The van der Waals surface area contributed by atoms with Crippen LogP contribution < -0.4 is 10.6 Å². The van der Waals surface area contributed by atoms with E-state index in [0.29, 0.717) is 0 Å². The van der Waals surface area contributed by atoms with Crippen molar-refractivity contribution in [3.63, 3.8) is 0 Å². The van der Waals surface area contributed by atoms with Crippen LogP contribution in [-0.2, 0) is 20.8 Å². The number of nitrogens with one attached hydrogen (secondary N) is 2. The fraction of sp³-hybridized carbons (Fsp3) is 0.278. The minimum atomic E-state index is -1.52. The Kier molecular flexibility index (Phi) is 3.70. The first-order valence-corrected chi connectivity index (χ1v) is 8.84. The molecule has 2 amide bonds. The van der Waals surface area contributed by atoms with E-state index in [2.05, 4.69) is 10.6 Å². The molecule has 0 saturated carbocycles. The van der Waals surface area contributed by atoms with E-state index in [1.54, 1.807) is 0 Å². The second-order valence-electron chi connectivity index (χ2n) is 6.43. The van der Waals surface area contributed by atoms with Crippen molar-refractivity contribution in [3.8, 4) is 0 Å². The molecule has 4 atom stereocenters. The highest BCUT2D eigenvalue weighted by atomic mass is 32.1. The van der Waals surface area contributed by atoms with Gasteiger partial charge in [0.25, 0.3) is 0 Å². The summed E-state index contributed by atoms with van der Waals surface area (Å²) in [5, 5.41) is 17.4. The SMILES string of the molecule is O=C1NC(=O)C2C1C(c1cccs1)NC2(Cc1ccccc1)C(=O)O. The maximum atomic E-state index is 12.5. The van der Waals surface area contributed by atoms with Crippen LogP contribution in [0, 0.1) is 11.8 Å². The van der Waals surface area contributed by atoms with E-state index in [0.717, 1.165) is 10.4 Å². The van der Waals surface area contributed by atoms with E-state index in [1.807, 2.05) is 47.8 Å². The number of carboxylic acids is 1. The molecule has 1 aromatic carbocycles. The van der Waals surface area contributed by atoms with Crippen LogP contribution in [0.3, 0.4) is 0 Å². The molecule has 4 rings (SSSR count). The van der Waals surface area contributed by atoms with Gasteiger partial charge in [0.15, 0.2) is 0 Å². The first kappa shape index (κ1) is 16.0. The van der Waals surface area contributed by atoms with Gasteiger partial charge in [0.1, 0.15) is 5.54 Å². The number of carbonyl (C=O) groups excluding carboxylic acids is 2. The quantitative estimate of drug-likeness (QED) is 0.719. The number of benzene rings is 1. The smallest absolute Gasteiger partial charge is 0.325 e. The van der Waals surface area contributed by atoms with Crippen molar-refractivity contribution >= 4 is 29.1 Å². The molecule has 2 aromatic rings. The third-order valence-electron chi connectivity index (χ3n) is 5.05. The number of imide groups is 1. The Morgan fingerprint density at radius 2 is 1.88 bits per heavy atom. The number of carboxylic acid groups (broad SMARTS) is 1. The van der Waals surface area contributed by atoms with Gasteiger partial charge in [-0.1, -0.05) is 36.4 Å². The van der Waals surface area contributed by atoms with E-state index < -0.39 is 41.2 Å². The lowest BCUT2D eigenvalue weighted by molar-refractivity contribution is -0.149. The lowest BCUT2D eigenvalue weighted by Crippen LogP contribution is -2.57. The number of hydrogen-bond acceptors (Lipinski definition) is 5. The van der Waals surface area contributed by atoms with Gasteiger partial charge in [-0.3, -0.25) is 25.0 Å². The number of hydrogen-bond donors (Lipinski definition) is 3. The molecular weight excluding hydrogens is 340 g/mol. The van der Waals surface area contributed by atoms with Crippen molar-refractivity contribution in [1.29, 1.82) is 0 Å². The predicted molar refractivity (Wildman–Crippen MR) is 90.8 cm³/mol. The summed E-state index contributed by atoms with van der Waals surface area (Å²) >= 11 is 1.44. The molecule has 1 aromatic heterocycles. The number of thiophene rings is 1. The molecular formula is C18H16N2O4S. The molecule has 25 heavy (non-hydrogen) atoms. The molecule has 0 bridgehead atoms. The molecule has 2 fully saturated rings. The van der Waals surface area contributed by atoms with Gasteiger partial charge < -0.3 is 5.11 Å². The standard InChI is InChI=1S/C18H16N2O4S/c21-15-12-13(16(22)19-15)18(17(23)24,9-10-5-2-1-3-6-10)20-14(12)11-7-4-8-25-11/h1-8,12-14,20H,9H2,(H,23,24)(H,19,21,22). The molecule has 6 nitrogen and oxygen atoms in total. The van der Waals surface area contributed by atoms with Gasteiger partial charge in [-0.15, -0.1) is 11.3 Å². The fourth-order valence-corrected chi connectivity index (χ4v) is 4.82. The molecule has 2 aliphatic rings. The summed E-state index contributed by atoms with van der Waals surface area (Å²) in [7, 11) is 0. The number of carbonyl (C=O) groups is 3. The van der Waals surface area contributed by atoms with Crippen LogP contribution in [-0.4, -0.2) is 28.4 Å². The van der Waals surface area contributed by atoms with E-state index in [-0.39, 0.29) is 6.42 Å². The maximum absolute atomic E-state index is 12.5. The molecule has 0 spiro atoms. The summed E-state index contributed by atoms with van der Waals surface area (Å²) in [6.07, 6.45) is 0.132. The predicted octanol–water partition coefficient (Wildman–Crippen LogP) is 1.35. The minimum absolute atomic E-state index is 0.132. The number of aliphatic carboxylic acids is 1. The Hall–Kier alpha value is -2.51. The summed E-state index contributed by atoms with van der Waals surface area (Å²) in [5.74, 6) is -3.69. The van der Waals surface area contributed by atoms with Crippen LogP contribution in [0.1, 0.15) is 16.5 Å². The zero-order chi connectivity index (χ0) is 17.6. The van der Waals surface area contributed by atoms with Crippen molar-refractivity contribution in [3.05, 3.63) is 58.3 Å². The average Bonchev–Trinajstić information content (AvgIpc) is 3.27. The van der Waals surface area contributed by atoms with Gasteiger partial charge in [0.05, 0.1) is 17.9 Å². The lowest BCUT2D eigenvalue weighted by atomic mass is 9.76. The van der Waals surface area contributed by atoms with Crippen molar-refractivity contribution in [2.24, 2.45) is 11.8 Å². The summed E-state index contributed by atoms with van der Waals surface area (Å²) in [4.78, 5) is 38.0. The minimum Gasteiger partial charge on any atom is -0.480 e. The Morgan fingerprint density at radius 1 is 1.12 bits per heavy atom. The zero-order valence-electron chi connectivity index (χ0n) is 13.1. The Morgan fingerprint density at radius 3 is 2.52 bits per heavy atom. The zero-order valence-corrected chi connectivity index (χ0v) is 14.0. The molecule has 0 aliphatic carbocycles. The first-order valence-electron chi connectivity index (χ1n) is 7.96. The number of rotatable bonds is 4. The Bertz CT molecular complexity index is 836. The third kappa shape index (κ3) is 2.39. The van der Waals surface area contributed by atoms with Crippen molar-refractivity contribution in [2.75, 3.05) is 0 Å². The largest absolute Gasteiger partial charge is 0.480 e. The summed E-state index contributed by atoms with van der Waals surface area (Å²) in [6, 6.07) is 12.4. The van der Waals surface area contributed by atoms with E-state index in [4.69, 9.17) is 0 Å². The molecule has 2 saturated heterocycles. The highest BCUT2D eigenvalue weighted by Crippen LogP contribution is 2.48. The molecule has 3 heterocycles. The summed E-state index contributed by atoms with van der Waals surface area (Å²) in [6.45, 7) is 0. The van der Waals surface area contributed by atoms with Gasteiger partial charge >= 0.3 is 5.97 Å². The average molecular weight is 356 g/mol. The van der Waals surface area contributed by atoms with Crippen LogP contribution in [0.25, 0.3) is 0 Å². The van der Waals surface area contributed by atoms with Crippen LogP contribution in [0.5, 0.6) is 0 Å². The fourth-order valence-electron chi connectivity index (χ4n) is 3.99. The summed E-state index contributed by atoms with van der Waals surface area (Å²) in [5.41, 5.74) is -0.716. The van der Waals surface area contributed by atoms with Gasteiger partial charge in [-0.25, -0.2) is 0 Å². The molecule has 7 heteroatoms. The van der Waals surface area contributed by atoms with Gasteiger partial charge in [-0.2, -0.15) is 0 Å². The van der Waals surface area contributed by atoms with Crippen LogP contribution in [0.4, 0.5) is 0 Å². The van der Waals surface area contributed by atoms with Crippen molar-refractivity contribution < 1.29 is 19.5 Å². The van der Waals surface area contributed by atoms with Gasteiger partial charge in [0, 0.05) is 11.3 Å². The normalized spacial score (nSPS) is 31.0. The van der Waals surface area contributed by atoms with Crippen molar-refractivity contribution in [1.82, 2.24) is 10.6 Å². The van der Waals surface area contributed by atoms with E-state index in [1.165, 1.54) is 11.3 Å². The molecule has 0 radical (unpaired) electrons. The third-order valence-corrected chi connectivity index (χ3v) is 6.01. The van der Waals surface area contributed by atoms with Crippen molar-refractivity contribution in [2.45, 2.75) is 18.0 Å². The molecule has 3 N–H and O–H groups in total. The van der Waals surface area contributed by atoms with Crippen LogP contribution in [0.15, 0.2) is 47.8 Å². The maximum Gasteiger partial charge on any atom is 0.325 e. The Balaban J connectivity index is 1.81. The topological polar surface area (TPSA) is 95.5 Å². The summed E-state index contributed by atoms with van der Waals surface area (Å²) < 4.78 is 0. The second-order valence-corrected chi connectivity index (χ2v) is 7.41. The number of fused-ring (bicyclic) bond motifs is 1. The second kappa shape index (κ2) is 5.79. The lowest BCUT2D eigenvalue weighted by Gasteiger charge is -2.29. The molecule has 2 aliphatic heterocycles. The first-order chi connectivity index (χ1) is 12.0. The van der Waals surface area contributed by atoms with Crippen LogP contribution >= 0.6 is 11.3 Å². The van der Waals surface area contributed by atoms with Gasteiger partial charge in [0.2, 0.25) is 11.8 Å². The highest BCUT2D eigenvalue weighted by molar-refractivity contribution is 7.10. The number of amides is 2. The van der Waals surface area contributed by atoms with Crippen LogP contribution in [0.2, 0.25) is 0 Å². The van der Waals surface area contributed by atoms with E-state index in [9.17, 15) is 19.5 Å². The molecule has 128 valence electrons. The van der Waals surface area contributed by atoms with Gasteiger partial charge in [-0.05, 0) is 17.0 Å².